The predicted octanol–water partition coefficient (Wildman–Crippen LogP) is 3.44. The zero-order valence-corrected chi connectivity index (χ0v) is 10.9. The highest BCUT2D eigenvalue weighted by molar-refractivity contribution is 6.17. The quantitative estimate of drug-likeness (QED) is 0.754. The monoisotopic (exact) mass is 251 g/mol. The van der Waals surface area contributed by atoms with Crippen LogP contribution in [-0.4, -0.2) is 23.9 Å². The lowest BCUT2D eigenvalue weighted by Gasteiger charge is -2.24. The molecule has 0 aliphatic heterocycles. The van der Waals surface area contributed by atoms with E-state index in [2.05, 4.69) is 0 Å². The molecule has 0 heterocycles. The molecule has 2 rings (SSSR count). The van der Waals surface area contributed by atoms with E-state index in [4.69, 9.17) is 11.6 Å². The summed E-state index contributed by atoms with van der Waals surface area (Å²) in [5.74, 6) is 0.567. The van der Waals surface area contributed by atoms with Crippen LogP contribution in [0.15, 0.2) is 24.3 Å². The Morgan fingerprint density at radius 2 is 2.12 bits per heavy atom. The summed E-state index contributed by atoms with van der Waals surface area (Å²) in [6.45, 7) is 0. The first-order valence-corrected chi connectivity index (χ1v) is 6.68. The molecule has 92 valence electrons. The maximum atomic E-state index is 12.3. The van der Waals surface area contributed by atoms with Crippen molar-refractivity contribution in [2.24, 2.45) is 0 Å². The van der Waals surface area contributed by atoms with Gasteiger partial charge in [0, 0.05) is 24.5 Å². The normalized spacial score (nSPS) is 16.1. The number of nitrogens with zero attached hydrogens (tertiary/aromatic N) is 1. The second-order valence-electron chi connectivity index (χ2n) is 4.69. The molecule has 2 nitrogen and oxygen atoms in total. The molecule has 0 spiro atoms. The number of amides is 1. The molecule has 0 saturated heterocycles. The van der Waals surface area contributed by atoms with Crippen LogP contribution in [0.4, 0.5) is 0 Å². The van der Waals surface area contributed by atoms with Gasteiger partial charge in [-0.25, -0.2) is 0 Å². The van der Waals surface area contributed by atoms with Crippen LogP contribution in [0, 0.1) is 0 Å². The Morgan fingerprint density at radius 1 is 1.41 bits per heavy atom. The Kier molecular flexibility index (Phi) is 4.06. The van der Waals surface area contributed by atoms with Crippen molar-refractivity contribution in [2.75, 3.05) is 7.05 Å². The number of hydrogen-bond acceptors (Lipinski definition) is 1. The van der Waals surface area contributed by atoms with E-state index in [1.54, 1.807) is 0 Å². The fraction of sp³-hybridized carbons (Fsp3) is 0.500. The molecule has 3 heteroatoms. The van der Waals surface area contributed by atoms with E-state index in [9.17, 15) is 4.79 Å². The molecule has 1 saturated carbocycles. The molecule has 1 amide bonds. The summed E-state index contributed by atoms with van der Waals surface area (Å²) in [5.41, 5.74) is 1.75. The summed E-state index contributed by atoms with van der Waals surface area (Å²) >= 11 is 5.79. The zero-order chi connectivity index (χ0) is 12.3. The topological polar surface area (TPSA) is 20.3 Å². The van der Waals surface area contributed by atoms with Crippen molar-refractivity contribution in [1.29, 1.82) is 0 Å². The van der Waals surface area contributed by atoms with E-state index in [-0.39, 0.29) is 5.91 Å². The summed E-state index contributed by atoms with van der Waals surface area (Å²) in [6.07, 6.45) is 4.75. The first-order valence-electron chi connectivity index (χ1n) is 6.14. The van der Waals surface area contributed by atoms with Crippen molar-refractivity contribution in [3.63, 3.8) is 0 Å². The van der Waals surface area contributed by atoms with Gasteiger partial charge in [-0.3, -0.25) is 4.79 Å². The predicted molar refractivity (Wildman–Crippen MR) is 70.3 cm³/mol. The van der Waals surface area contributed by atoms with Gasteiger partial charge in [0.2, 0.25) is 0 Å². The van der Waals surface area contributed by atoms with Crippen LogP contribution in [-0.2, 0) is 5.88 Å². The first-order chi connectivity index (χ1) is 8.22. The van der Waals surface area contributed by atoms with Crippen molar-refractivity contribution in [3.8, 4) is 0 Å². The Balaban J connectivity index is 2.12. The molecule has 0 unspecified atom stereocenters. The highest BCUT2D eigenvalue weighted by Crippen LogP contribution is 2.23. The fourth-order valence-electron chi connectivity index (χ4n) is 2.45. The molecule has 1 aliphatic rings. The van der Waals surface area contributed by atoms with Crippen molar-refractivity contribution in [3.05, 3.63) is 35.4 Å². The highest BCUT2D eigenvalue weighted by atomic mass is 35.5. The second-order valence-corrected chi connectivity index (χ2v) is 4.96. The number of halogens is 1. The average molecular weight is 252 g/mol. The van der Waals surface area contributed by atoms with Crippen LogP contribution in [0.1, 0.15) is 41.6 Å². The SMILES string of the molecule is CN(C(=O)c1cccc(CCl)c1)C1CCCC1. The summed E-state index contributed by atoms with van der Waals surface area (Å²) in [6, 6.07) is 8.01. The molecule has 0 bridgehead atoms. The Morgan fingerprint density at radius 3 is 2.76 bits per heavy atom. The minimum Gasteiger partial charge on any atom is -0.339 e. The number of alkyl halides is 1. The van der Waals surface area contributed by atoms with Gasteiger partial charge in [0.25, 0.3) is 5.91 Å². The van der Waals surface area contributed by atoms with E-state index in [1.165, 1.54) is 12.8 Å². The van der Waals surface area contributed by atoms with Crippen molar-refractivity contribution >= 4 is 17.5 Å². The maximum absolute atomic E-state index is 12.3. The molecule has 0 aromatic heterocycles. The van der Waals surface area contributed by atoms with Gasteiger partial charge in [0.05, 0.1) is 0 Å². The summed E-state index contributed by atoms with van der Waals surface area (Å²) < 4.78 is 0. The average Bonchev–Trinajstić information content (AvgIpc) is 2.91. The molecule has 0 atom stereocenters. The molecule has 17 heavy (non-hydrogen) atoms. The Labute approximate surface area is 108 Å². The lowest BCUT2D eigenvalue weighted by molar-refractivity contribution is 0.0735. The van der Waals surface area contributed by atoms with Crippen LogP contribution >= 0.6 is 11.6 Å². The largest absolute Gasteiger partial charge is 0.339 e. The van der Waals surface area contributed by atoms with Gasteiger partial charge in [-0.15, -0.1) is 11.6 Å². The number of benzene rings is 1. The van der Waals surface area contributed by atoms with Crippen LogP contribution in [0.2, 0.25) is 0 Å². The minimum absolute atomic E-state index is 0.115. The number of hydrogen-bond donors (Lipinski definition) is 0. The van der Waals surface area contributed by atoms with Crippen LogP contribution in [0.3, 0.4) is 0 Å². The molecule has 0 N–H and O–H groups in total. The Hall–Kier alpha value is -1.02. The number of carbonyl (C=O) groups excluding carboxylic acids is 1. The molecule has 1 aliphatic carbocycles. The van der Waals surface area contributed by atoms with Crippen LogP contribution in [0.25, 0.3) is 0 Å². The molecule has 0 radical (unpaired) electrons. The second kappa shape index (κ2) is 5.54. The third-order valence-corrected chi connectivity index (χ3v) is 3.83. The standard InChI is InChI=1S/C14H18ClNO/c1-16(13-7-2-3-8-13)14(17)12-6-4-5-11(9-12)10-15/h4-6,9,13H,2-3,7-8,10H2,1H3. The smallest absolute Gasteiger partial charge is 0.253 e. The van der Waals surface area contributed by atoms with E-state index in [0.717, 1.165) is 24.0 Å². The third kappa shape index (κ3) is 2.81. The summed E-state index contributed by atoms with van der Waals surface area (Å²) in [7, 11) is 1.91. The number of rotatable bonds is 3. The lowest BCUT2D eigenvalue weighted by atomic mass is 10.1. The van der Waals surface area contributed by atoms with Gasteiger partial charge in [-0.05, 0) is 30.5 Å². The number of carbonyl (C=O) groups is 1. The van der Waals surface area contributed by atoms with E-state index in [1.807, 2.05) is 36.2 Å². The van der Waals surface area contributed by atoms with Crippen molar-refractivity contribution < 1.29 is 4.79 Å². The fourth-order valence-corrected chi connectivity index (χ4v) is 2.61. The van der Waals surface area contributed by atoms with Crippen LogP contribution in [0.5, 0.6) is 0 Å². The van der Waals surface area contributed by atoms with E-state index in [0.29, 0.717) is 11.9 Å². The third-order valence-electron chi connectivity index (χ3n) is 3.52. The Bertz CT molecular complexity index is 399. The van der Waals surface area contributed by atoms with Crippen LogP contribution < -0.4 is 0 Å². The highest BCUT2D eigenvalue weighted by Gasteiger charge is 2.24. The molecule has 1 aromatic rings. The minimum atomic E-state index is 0.115. The van der Waals surface area contributed by atoms with Gasteiger partial charge in [0.1, 0.15) is 0 Å². The molecule has 1 aromatic carbocycles. The van der Waals surface area contributed by atoms with Gasteiger partial charge in [0.15, 0.2) is 0 Å². The van der Waals surface area contributed by atoms with Crippen molar-refractivity contribution in [1.82, 2.24) is 4.90 Å². The lowest BCUT2D eigenvalue weighted by Crippen LogP contribution is -2.35. The first kappa shape index (κ1) is 12.4. The van der Waals surface area contributed by atoms with E-state index >= 15 is 0 Å². The molecular formula is C14H18ClNO. The van der Waals surface area contributed by atoms with Gasteiger partial charge < -0.3 is 4.90 Å². The summed E-state index contributed by atoms with van der Waals surface area (Å²) in [5, 5.41) is 0. The molecule has 1 fully saturated rings. The zero-order valence-electron chi connectivity index (χ0n) is 10.2. The van der Waals surface area contributed by atoms with Gasteiger partial charge >= 0.3 is 0 Å². The van der Waals surface area contributed by atoms with E-state index < -0.39 is 0 Å². The van der Waals surface area contributed by atoms with Gasteiger partial charge in [-0.2, -0.15) is 0 Å². The summed E-state index contributed by atoms with van der Waals surface area (Å²) in [4.78, 5) is 14.2. The molecular weight excluding hydrogens is 234 g/mol. The maximum Gasteiger partial charge on any atom is 0.253 e. The van der Waals surface area contributed by atoms with Crippen molar-refractivity contribution in [2.45, 2.75) is 37.6 Å². The van der Waals surface area contributed by atoms with Gasteiger partial charge in [-0.1, -0.05) is 25.0 Å².